The topological polar surface area (TPSA) is 93.0 Å². The molecule has 8 nitrogen and oxygen atoms in total. The summed E-state index contributed by atoms with van der Waals surface area (Å²) in [4.78, 5) is 14.5. The quantitative estimate of drug-likeness (QED) is 0.190. The molecule has 4 aromatic rings. The average molecular weight is 496 g/mol. The van der Waals surface area contributed by atoms with Gasteiger partial charge in [-0.15, -0.1) is 0 Å². The molecule has 0 saturated heterocycles. The van der Waals surface area contributed by atoms with Gasteiger partial charge in [-0.3, -0.25) is 10.1 Å². The highest BCUT2D eigenvalue weighted by molar-refractivity contribution is 5.87. The molecule has 36 heavy (non-hydrogen) atoms. The highest BCUT2D eigenvalue weighted by Crippen LogP contribution is 2.37. The number of pyridine rings is 1. The van der Waals surface area contributed by atoms with E-state index in [9.17, 15) is 18.9 Å². The number of aromatic nitrogens is 1. The van der Waals surface area contributed by atoms with Crippen LogP contribution in [0.5, 0.6) is 23.1 Å². The number of benzene rings is 3. The van der Waals surface area contributed by atoms with Crippen LogP contribution in [-0.2, 0) is 11.3 Å². The molecule has 0 aliphatic carbocycles. The predicted octanol–water partition coefficient (Wildman–Crippen LogP) is 6.21. The molecule has 0 aliphatic rings. The first-order chi connectivity index (χ1) is 17.3. The van der Waals surface area contributed by atoms with E-state index in [1.807, 2.05) is 30.3 Å². The van der Waals surface area contributed by atoms with Crippen LogP contribution in [0.25, 0.3) is 10.9 Å². The molecule has 0 aliphatic heterocycles. The molecule has 1 atom stereocenters. The first-order valence-electron chi connectivity index (χ1n) is 10.9. The minimum absolute atomic E-state index is 0.0433. The molecular formula is C26H22F2N2O6. The summed E-state index contributed by atoms with van der Waals surface area (Å²) in [6.45, 7) is 2.46. The van der Waals surface area contributed by atoms with Crippen LogP contribution >= 0.6 is 0 Å². The molecule has 186 valence electrons. The van der Waals surface area contributed by atoms with E-state index in [0.29, 0.717) is 35.4 Å². The lowest BCUT2D eigenvalue weighted by Crippen LogP contribution is -2.19. The van der Waals surface area contributed by atoms with Crippen molar-refractivity contribution in [2.45, 2.75) is 19.6 Å². The number of nitro benzene ring substituents is 1. The van der Waals surface area contributed by atoms with Gasteiger partial charge in [0, 0.05) is 17.5 Å². The molecule has 0 amide bonds. The van der Waals surface area contributed by atoms with E-state index in [1.165, 1.54) is 13.2 Å². The number of ether oxygens (including phenoxy) is 4. The van der Waals surface area contributed by atoms with Gasteiger partial charge in [-0.2, -0.15) is 0 Å². The Hall–Kier alpha value is -4.31. The van der Waals surface area contributed by atoms with E-state index in [-0.39, 0.29) is 18.2 Å². The fourth-order valence-corrected chi connectivity index (χ4v) is 3.44. The second kappa shape index (κ2) is 11.0. The molecule has 1 aromatic heterocycles. The summed E-state index contributed by atoms with van der Waals surface area (Å²) in [5, 5.41) is 11.3. The van der Waals surface area contributed by atoms with Crippen LogP contribution in [0.4, 0.5) is 14.5 Å². The minimum atomic E-state index is -1.22. The van der Waals surface area contributed by atoms with Crippen molar-refractivity contribution in [2.75, 3.05) is 13.7 Å². The average Bonchev–Trinajstić information content (AvgIpc) is 2.86. The number of hydrogen-bond donors (Lipinski definition) is 0. The number of nitro groups is 1. The van der Waals surface area contributed by atoms with Gasteiger partial charge in [0.15, 0.2) is 17.4 Å². The van der Waals surface area contributed by atoms with Crippen molar-refractivity contribution in [3.05, 3.63) is 94.0 Å². The fourth-order valence-electron chi connectivity index (χ4n) is 3.44. The van der Waals surface area contributed by atoms with Crippen molar-refractivity contribution in [3.63, 3.8) is 0 Å². The van der Waals surface area contributed by atoms with Gasteiger partial charge in [-0.05, 0) is 24.6 Å². The van der Waals surface area contributed by atoms with Gasteiger partial charge in [-0.25, -0.2) is 13.8 Å². The number of non-ortho nitro benzene ring substituents is 1. The van der Waals surface area contributed by atoms with Crippen molar-refractivity contribution in [1.82, 2.24) is 4.98 Å². The van der Waals surface area contributed by atoms with Gasteiger partial charge in [0.1, 0.15) is 17.6 Å². The highest BCUT2D eigenvalue weighted by Gasteiger charge is 2.21. The zero-order chi connectivity index (χ0) is 25.7. The van der Waals surface area contributed by atoms with E-state index in [4.69, 9.17) is 18.9 Å². The van der Waals surface area contributed by atoms with Crippen LogP contribution in [0.2, 0.25) is 0 Å². The number of halogens is 2. The van der Waals surface area contributed by atoms with Crippen molar-refractivity contribution in [2.24, 2.45) is 0 Å². The normalized spacial score (nSPS) is 11.8. The summed E-state index contributed by atoms with van der Waals surface area (Å²) >= 11 is 0. The number of methoxy groups -OCH3 is 1. The van der Waals surface area contributed by atoms with Crippen LogP contribution in [0.3, 0.4) is 0 Å². The van der Waals surface area contributed by atoms with E-state index in [0.717, 1.165) is 5.56 Å². The highest BCUT2D eigenvalue weighted by atomic mass is 19.1. The zero-order valence-electron chi connectivity index (χ0n) is 19.4. The Balaban J connectivity index is 1.60. The molecule has 4 rings (SSSR count). The van der Waals surface area contributed by atoms with Crippen molar-refractivity contribution < 1.29 is 32.7 Å². The summed E-state index contributed by atoms with van der Waals surface area (Å²) in [6.07, 6.45) is -0.412. The molecule has 0 saturated carbocycles. The first-order valence-corrected chi connectivity index (χ1v) is 10.9. The first kappa shape index (κ1) is 24.8. The van der Waals surface area contributed by atoms with Crippen LogP contribution < -0.4 is 14.2 Å². The van der Waals surface area contributed by atoms with Crippen molar-refractivity contribution in [1.29, 1.82) is 0 Å². The molecule has 0 bridgehead atoms. The van der Waals surface area contributed by atoms with Gasteiger partial charge in [0.25, 0.3) is 5.69 Å². The second-order valence-corrected chi connectivity index (χ2v) is 7.87. The molecule has 1 heterocycles. The van der Waals surface area contributed by atoms with Gasteiger partial charge in [0.05, 0.1) is 42.9 Å². The van der Waals surface area contributed by atoms with Crippen molar-refractivity contribution in [3.8, 4) is 23.1 Å². The maximum Gasteiger partial charge on any atom is 0.275 e. The van der Waals surface area contributed by atoms with Gasteiger partial charge in [0.2, 0.25) is 5.88 Å². The number of fused-ring (bicyclic) bond motifs is 1. The van der Waals surface area contributed by atoms with Crippen LogP contribution in [0.1, 0.15) is 12.5 Å². The lowest BCUT2D eigenvalue weighted by Gasteiger charge is -2.17. The van der Waals surface area contributed by atoms with Gasteiger partial charge < -0.3 is 18.9 Å². The Labute approximate surface area is 205 Å². The molecule has 10 heteroatoms. The van der Waals surface area contributed by atoms with Gasteiger partial charge >= 0.3 is 0 Å². The SMILES string of the molecule is COc1ccc2c(Oc3c(F)cc([N+](=O)[O-])cc3F)cc(OC(C)COCc3ccccc3)nc2c1. The number of rotatable bonds is 10. The molecular weight excluding hydrogens is 474 g/mol. The monoisotopic (exact) mass is 496 g/mol. The third kappa shape index (κ3) is 5.84. The summed E-state index contributed by atoms with van der Waals surface area (Å²) in [5.74, 6) is -2.54. The Morgan fingerprint density at radius 2 is 1.75 bits per heavy atom. The summed E-state index contributed by atoms with van der Waals surface area (Å²) in [5.41, 5.74) is 0.681. The Morgan fingerprint density at radius 3 is 2.42 bits per heavy atom. The largest absolute Gasteiger partial charge is 0.497 e. The molecule has 0 spiro atoms. The molecule has 0 N–H and O–H groups in total. The predicted molar refractivity (Wildman–Crippen MR) is 128 cm³/mol. The lowest BCUT2D eigenvalue weighted by atomic mass is 10.2. The maximum absolute atomic E-state index is 14.5. The standard InChI is InChI=1S/C26H22F2N2O6/c1-16(14-34-15-17-6-4-3-5-7-17)35-25-13-24(20-9-8-19(33-2)12-23(20)29-25)36-26-21(27)10-18(30(31)32)11-22(26)28/h3-13,16H,14-15H2,1-2H3. The van der Waals surface area contributed by atoms with Crippen LogP contribution in [0.15, 0.2) is 66.7 Å². The van der Waals surface area contributed by atoms with E-state index in [2.05, 4.69) is 4.98 Å². The second-order valence-electron chi connectivity index (χ2n) is 7.87. The third-order valence-corrected chi connectivity index (χ3v) is 5.15. The zero-order valence-corrected chi connectivity index (χ0v) is 19.4. The van der Waals surface area contributed by atoms with E-state index < -0.39 is 34.1 Å². The summed E-state index contributed by atoms with van der Waals surface area (Å²) in [7, 11) is 1.49. The van der Waals surface area contributed by atoms with Crippen molar-refractivity contribution >= 4 is 16.6 Å². The minimum Gasteiger partial charge on any atom is -0.497 e. The smallest absolute Gasteiger partial charge is 0.275 e. The van der Waals surface area contributed by atoms with E-state index >= 15 is 0 Å². The number of nitrogens with zero attached hydrogens (tertiary/aromatic N) is 2. The number of hydrogen-bond acceptors (Lipinski definition) is 7. The van der Waals surface area contributed by atoms with E-state index in [1.54, 1.807) is 25.1 Å². The lowest BCUT2D eigenvalue weighted by molar-refractivity contribution is -0.385. The van der Waals surface area contributed by atoms with Crippen LogP contribution in [-0.4, -0.2) is 29.7 Å². The summed E-state index contributed by atoms with van der Waals surface area (Å²) < 4.78 is 51.4. The summed E-state index contributed by atoms with van der Waals surface area (Å²) in [6, 6.07) is 17.1. The van der Waals surface area contributed by atoms with Gasteiger partial charge in [-0.1, -0.05) is 30.3 Å². The third-order valence-electron chi connectivity index (χ3n) is 5.15. The Morgan fingerprint density at radius 1 is 1.03 bits per heavy atom. The molecule has 1 unspecified atom stereocenters. The molecule has 3 aromatic carbocycles. The fraction of sp³-hybridized carbons (Fsp3) is 0.192. The Kier molecular flexibility index (Phi) is 7.55. The van der Waals surface area contributed by atoms with Crippen LogP contribution in [0, 0.1) is 21.7 Å². The molecule has 0 radical (unpaired) electrons. The maximum atomic E-state index is 14.5. The molecule has 0 fully saturated rings. The Bertz CT molecular complexity index is 1360.